The predicted octanol–water partition coefficient (Wildman–Crippen LogP) is 4.43. The molecule has 0 aliphatic heterocycles. The summed E-state index contributed by atoms with van der Waals surface area (Å²) in [4.78, 5) is 9.25. The van der Waals surface area contributed by atoms with E-state index in [-0.39, 0.29) is 0 Å². The van der Waals surface area contributed by atoms with E-state index in [1.807, 2.05) is 18.3 Å². The summed E-state index contributed by atoms with van der Waals surface area (Å²) in [6.45, 7) is 3.37. The molecule has 1 fully saturated rings. The molecule has 0 amide bonds. The third-order valence-corrected chi connectivity index (χ3v) is 5.07. The van der Waals surface area contributed by atoms with E-state index in [9.17, 15) is 0 Å². The van der Waals surface area contributed by atoms with Crippen LogP contribution >= 0.6 is 11.6 Å². The second-order valence-electron chi connectivity index (χ2n) is 6.22. The molecule has 1 saturated carbocycles. The molecule has 114 valence electrons. The summed E-state index contributed by atoms with van der Waals surface area (Å²) in [6.07, 6.45) is 9.45. The maximum Gasteiger partial charge on any atom is 0.159 e. The van der Waals surface area contributed by atoms with Crippen molar-refractivity contribution < 1.29 is 0 Å². The van der Waals surface area contributed by atoms with E-state index in [0.717, 1.165) is 41.8 Å². The molecule has 0 atom stereocenters. The molecule has 1 aliphatic carbocycles. The minimum atomic E-state index is 0.617. The van der Waals surface area contributed by atoms with Crippen molar-refractivity contribution in [1.29, 1.82) is 0 Å². The lowest BCUT2D eigenvalue weighted by molar-refractivity contribution is 0.247. The molecule has 0 bridgehead atoms. The highest BCUT2D eigenvalue weighted by Gasteiger charge is 2.22. The van der Waals surface area contributed by atoms with Gasteiger partial charge in [-0.3, -0.25) is 0 Å². The Morgan fingerprint density at radius 1 is 1.24 bits per heavy atom. The van der Waals surface area contributed by atoms with Crippen molar-refractivity contribution in [2.75, 3.05) is 5.88 Å². The topological polar surface area (TPSA) is 30.7 Å². The van der Waals surface area contributed by atoms with Gasteiger partial charge in [-0.2, -0.15) is 0 Å². The van der Waals surface area contributed by atoms with Crippen LogP contribution in [-0.4, -0.2) is 20.4 Å². The first-order valence-corrected chi connectivity index (χ1v) is 8.71. The third-order valence-electron chi connectivity index (χ3n) is 4.89. The number of aromatic nitrogens is 3. The van der Waals surface area contributed by atoms with Crippen molar-refractivity contribution in [2.24, 2.45) is 11.8 Å². The molecular formula is C17H24ClN3. The molecule has 2 aromatic rings. The van der Waals surface area contributed by atoms with Gasteiger partial charge >= 0.3 is 0 Å². The summed E-state index contributed by atoms with van der Waals surface area (Å²) < 4.78 is 2.31. The average molecular weight is 306 g/mol. The lowest BCUT2D eigenvalue weighted by Crippen LogP contribution is -2.20. The largest absolute Gasteiger partial charge is 0.312 e. The molecule has 2 heterocycles. The van der Waals surface area contributed by atoms with Crippen LogP contribution in [0.4, 0.5) is 0 Å². The Bertz CT molecular complexity index is 585. The summed E-state index contributed by atoms with van der Waals surface area (Å²) >= 11 is 5.94. The van der Waals surface area contributed by atoms with E-state index < -0.39 is 0 Å². The van der Waals surface area contributed by atoms with Gasteiger partial charge in [0, 0.05) is 25.0 Å². The summed E-state index contributed by atoms with van der Waals surface area (Å²) in [5.74, 6) is 3.42. The SMILES string of the molecule is CCC1CCC(Cn2c(CCCl)nc3cccnc32)CC1. The lowest BCUT2D eigenvalue weighted by Gasteiger charge is -2.28. The zero-order chi connectivity index (χ0) is 14.7. The number of aryl methyl sites for hydroxylation is 1. The van der Waals surface area contributed by atoms with Crippen molar-refractivity contribution >= 4 is 22.8 Å². The fourth-order valence-electron chi connectivity index (χ4n) is 3.55. The van der Waals surface area contributed by atoms with Crippen molar-refractivity contribution in [3.05, 3.63) is 24.2 Å². The van der Waals surface area contributed by atoms with Crippen LogP contribution < -0.4 is 0 Å². The normalized spacial score (nSPS) is 22.8. The second-order valence-corrected chi connectivity index (χ2v) is 6.60. The van der Waals surface area contributed by atoms with Crippen LogP contribution in [0.2, 0.25) is 0 Å². The standard InChI is InChI=1S/C17H24ClN3/c1-2-13-5-7-14(8-6-13)12-21-16(9-10-18)20-15-4-3-11-19-17(15)21/h3-4,11,13-14H,2,5-10,12H2,1H3. The second kappa shape index (κ2) is 6.78. The van der Waals surface area contributed by atoms with Gasteiger partial charge in [0.15, 0.2) is 5.65 Å². The smallest absolute Gasteiger partial charge is 0.159 e. The van der Waals surface area contributed by atoms with Crippen LogP contribution in [-0.2, 0) is 13.0 Å². The maximum absolute atomic E-state index is 5.94. The van der Waals surface area contributed by atoms with Crippen molar-refractivity contribution in [1.82, 2.24) is 14.5 Å². The van der Waals surface area contributed by atoms with Gasteiger partial charge in [0.05, 0.1) is 0 Å². The van der Waals surface area contributed by atoms with E-state index in [0.29, 0.717) is 5.88 Å². The Morgan fingerprint density at radius 3 is 2.71 bits per heavy atom. The van der Waals surface area contributed by atoms with Crippen LogP contribution in [0.15, 0.2) is 18.3 Å². The number of halogens is 1. The molecule has 21 heavy (non-hydrogen) atoms. The molecule has 3 rings (SSSR count). The molecule has 1 aliphatic rings. The molecular weight excluding hydrogens is 282 g/mol. The zero-order valence-electron chi connectivity index (χ0n) is 12.8. The Labute approximate surface area is 131 Å². The first-order chi connectivity index (χ1) is 10.3. The van der Waals surface area contributed by atoms with Gasteiger partial charge in [0.1, 0.15) is 11.3 Å². The number of rotatable bonds is 5. The first kappa shape index (κ1) is 14.8. The monoisotopic (exact) mass is 305 g/mol. The van der Waals surface area contributed by atoms with Crippen LogP contribution in [0.3, 0.4) is 0 Å². The molecule has 0 N–H and O–H groups in total. The Kier molecular flexibility index (Phi) is 4.79. The van der Waals surface area contributed by atoms with Crippen LogP contribution in [0.25, 0.3) is 11.2 Å². The Balaban J connectivity index is 1.80. The van der Waals surface area contributed by atoms with Gasteiger partial charge in [-0.05, 0) is 36.8 Å². The molecule has 4 heteroatoms. The highest BCUT2D eigenvalue weighted by atomic mass is 35.5. The summed E-state index contributed by atoms with van der Waals surface area (Å²) in [7, 11) is 0. The molecule has 0 saturated heterocycles. The quantitative estimate of drug-likeness (QED) is 0.765. The number of nitrogens with zero attached hydrogens (tertiary/aromatic N) is 3. The number of pyridine rings is 1. The van der Waals surface area contributed by atoms with Gasteiger partial charge in [0.25, 0.3) is 0 Å². The van der Waals surface area contributed by atoms with Gasteiger partial charge in [-0.15, -0.1) is 11.6 Å². The number of alkyl halides is 1. The lowest BCUT2D eigenvalue weighted by atomic mass is 9.81. The highest BCUT2D eigenvalue weighted by Crippen LogP contribution is 2.32. The molecule has 0 spiro atoms. The molecule has 0 radical (unpaired) electrons. The van der Waals surface area contributed by atoms with Crippen LogP contribution in [0, 0.1) is 11.8 Å². The Morgan fingerprint density at radius 2 is 2.00 bits per heavy atom. The predicted molar refractivity (Wildman–Crippen MR) is 87.7 cm³/mol. The van der Waals surface area contributed by atoms with E-state index in [1.165, 1.54) is 32.1 Å². The maximum atomic E-state index is 5.94. The summed E-state index contributed by atoms with van der Waals surface area (Å²) in [5.41, 5.74) is 2.02. The van der Waals surface area contributed by atoms with Gasteiger partial charge in [0.2, 0.25) is 0 Å². The molecule has 2 aromatic heterocycles. The van der Waals surface area contributed by atoms with E-state index in [1.54, 1.807) is 0 Å². The number of hydrogen-bond acceptors (Lipinski definition) is 2. The average Bonchev–Trinajstić information content (AvgIpc) is 2.86. The summed E-state index contributed by atoms with van der Waals surface area (Å²) in [6, 6.07) is 4.00. The van der Waals surface area contributed by atoms with Gasteiger partial charge in [-0.1, -0.05) is 26.2 Å². The van der Waals surface area contributed by atoms with E-state index >= 15 is 0 Å². The van der Waals surface area contributed by atoms with Crippen molar-refractivity contribution in [2.45, 2.75) is 52.0 Å². The van der Waals surface area contributed by atoms with E-state index in [2.05, 4.69) is 16.5 Å². The fourth-order valence-corrected chi connectivity index (χ4v) is 3.72. The van der Waals surface area contributed by atoms with Crippen LogP contribution in [0.1, 0.15) is 44.9 Å². The number of imidazole rings is 1. The summed E-state index contributed by atoms with van der Waals surface area (Å²) in [5, 5.41) is 0. The van der Waals surface area contributed by atoms with Gasteiger partial charge in [-0.25, -0.2) is 9.97 Å². The van der Waals surface area contributed by atoms with Gasteiger partial charge < -0.3 is 4.57 Å². The molecule has 3 nitrogen and oxygen atoms in total. The zero-order valence-corrected chi connectivity index (χ0v) is 13.5. The minimum Gasteiger partial charge on any atom is -0.312 e. The Hall–Kier alpha value is -1.09. The molecule has 0 aromatic carbocycles. The minimum absolute atomic E-state index is 0.617. The fraction of sp³-hybridized carbons (Fsp3) is 0.647. The highest BCUT2D eigenvalue weighted by molar-refractivity contribution is 6.17. The third kappa shape index (κ3) is 3.23. The van der Waals surface area contributed by atoms with Crippen molar-refractivity contribution in [3.63, 3.8) is 0 Å². The van der Waals surface area contributed by atoms with E-state index in [4.69, 9.17) is 16.6 Å². The number of fused-ring (bicyclic) bond motifs is 1. The molecule has 0 unspecified atom stereocenters. The first-order valence-electron chi connectivity index (χ1n) is 8.18. The van der Waals surface area contributed by atoms with Crippen LogP contribution in [0.5, 0.6) is 0 Å². The number of hydrogen-bond donors (Lipinski definition) is 0. The van der Waals surface area contributed by atoms with Crippen molar-refractivity contribution in [3.8, 4) is 0 Å².